The first kappa shape index (κ1) is 19.9. The van der Waals surface area contributed by atoms with Crippen molar-refractivity contribution in [1.82, 2.24) is 5.32 Å². The lowest BCUT2D eigenvalue weighted by atomic mass is 9.96. The number of alkyl halides is 3. The van der Waals surface area contributed by atoms with Crippen LogP contribution in [0.3, 0.4) is 0 Å². The number of hydrogen-bond donors (Lipinski definition) is 3. The van der Waals surface area contributed by atoms with E-state index in [0.717, 1.165) is 28.5 Å². The minimum Gasteiger partial charge on any atom is -0.394 e. The van der Waals surface area contributed by atoms with Crippen molar-refractivity contribution in [2.24, 2.45) is 0 Å². The molecule has 3 rings (SSSR count). The number of aliphatic hydroxyl groups is 2. The van der Waals surface area contributed by atoms with Crippen LogP contribution < -0.4 is 5.32 Å². The van der Waals surface area contributed by atoms with Gasteiger partial charge in [-0.2, -0.15) is 13.2 Å². The molecular formula is C21H18F3NO3. The molecule has 1 amide bonds. The van der Waals surface area contributed by atoms with Gasteiger partial charge in [0.1, 0.15) is 0 Å². The fraction of sp³-hybridized carbons (Fsp3) is 0.190. The van der Waals surface area contributed by atoms with Gasteiger partial charge in [0.25, 0.3) is 5.91 Å². The third-order valence-corrected chi connectivity index (χ3v) is 4.44. The first-order valence-electron chi connectivity index (χ1n) is 8.56. The lowest BCUT2D eigenvalue weighted by Crippen LogP contribution is -2.40. The lowest BCUT2D eigenvalue weighted by Gasteiger charge is -2.14. The number of fused-ring (bicyclic) bond motifs is 1. The number of amides is 1. The van der Waals surface area contributed by atoms with Crippen molar-refractivity contribution in [1.29, 1.82) is 0 Å². The fourth-order valence-electron chi connectivity index (χ4n) is 2.93. The van der Waals surface area contributed by atoms with Crippen LogP contribution in [0.1, 0.15) is 15.9 Å². The summed E-state index contributed by atoms with van der Waals surface area (Å²) in [4.78, 5) is 12.3. The van der Waals surface area contributed by atoms with E-state index in [2.05, 4.69) is 5.32 Å². The van der Waals surface area contributed by atoms with Crippen LogP contribution in [-0.2, 0) is 6.18 Å². The van der Waals surface area contributed by atoms with Crippen LogP contribution in [-0.4, -0.2) is 35.4 Å². The first-order chi connectivity index (χ1) is 13.3. The molecule has 0 unspecified atom stereocenters. The lowest BCUT2D eigenvalue weighted by molar-refractivity contribution is -0.137. The topological polar surface area (TPSA) is 69.6 Å². The summed E-state index contributed by atoms with van der Waals surface area (Å²) in [5, 5.41) is 22.2. The number of carbonyl (C=O) groups is 1. The average molecular weight is 389 g/mol. The van der Waals surface area contributed by atoms with Gasteiger partial charge in [-0.3, -0.25) is 4.79 Å². The molecule has 0 saturated heterocycles. The molecule has 0 bridgehead atoms. The van der Waals surface area contributed by atoms with Crippen molar-refractivity contribution < 1.29 is 28.2 Å². The maximum atomic E-state index is 12.8. The van der Waals surface area contributed by atoms with E-state index in [-0.39, 0.29) is 13.2 Å². The number of aliphatic hydroxyl groups excluding tert-OH is 2. The van der Waals surface area contributed by atoms with Crippen molar-refractivity contribution in [3.8, 4) is 11.1 Å². The molecule has 0 spiro atoms. The second-order valence-electron chi connectivity index (χ2n) is 6.35. The summed E-state index contributed by atoms with van der Waals surface area (Å²) in [5.41, 5.74) is 1.03. The van der Waals surface area contributed by atoms with Gasteiger partial charge in [0.2, 0.25) is 0 Å². The molecule has 4 nitrogen and oxygen atoms in total. The molecule has 0 saturated carbocycles. The van der Waals surface area contributed by atoms with Gasteiger partial charge in [-0.15, -0.1) is 0 Å². The monoisotopic (exact) mass is 389 g/mol. The van der Waals surface area contributed by atoms with Gasteiger partial charge in [-0.25, -0.2) is 0 Å². The summed E-state index contributed by atoms with van der Waals surface area (Å²) in [6.07, 6.45) is -4.39. The minimum atomic E-state index is -4.39. The summed E-state index contributed by atoms with van der Waals surface area (Å²) < 4.78 is 38.3. The Bertz CT molecular complexity index is 980. The maximum Gasteiger partial charge on any atom is 0.416 e. The normalized spacial score (nSPS) is 11.8. The first-order valence-corrected chi connectivity index (χ1v) is 8.56. The summed E-state index contributed by atoms with van der Waals surface area (Å²) in [5.74, 6) is -0.435. The number of carbonyl (C=O) groups excluding carboxylic acids is 1. The zero-order valence-corrected chi connectivity index (χ0v) is 14.7. The van der Waals surface area contributed by atoms with Crippen LogP contribution in [0.15, 0.2) is 60.7 Å². The van der Waals surface area contributed by atoms with Crippen molar-refractivity contribution in [3.63, 3.8) is 0 Å². The summed E-state index contributed by atoms with van der Waals surface area (Å²) in [6, 6.07) is 14.5. The number of rotatable bonds is 5. The summed E-state index contributed by atoms with van der Waals surface area (Å²) >= 11 is 0. The van der Waals surface area contributed by atoms with Gasteiger partial charge in [0.15, 0.2) is 0 Å². The van der Waals surface area contributed by atoms with Crippen LogP contribution in [0.25, 0.3) is 21.9 Å². The van der Waals surface area contributed by atoms with Gasteiger partial charge in [0.05, 0.1) is 24.8 Å². The Kier molecular flexibility index (Phi) is 5.67. The highest BCUT2D eigenvalue weighted by molar-refractivity contribution is 6.02. The van der Waals surface area contributed by atoms with Crippen LogP contribution in [0.2, 0.25) is 0 Å². The van der Waals surface area contributed by atoms with E-state index >= 15 is 0 Å². The third-order valence-electron chi connectivity index (χ3n) is 4.44. The quantitative estimate of drug-likeness (QED) is 0.624. The number of nitrogens with one attached hydrogen (secondary N) is 1. The van der Waals surface area contributed by atoms with Crippen molar-refractivity contribution >= 4 is 16.7 Å². The smallest absolute Gasteiger partial charge is 0.394 e. The van der Waals surface area contributed by atoms with Crippen LogP contribution in [0.4, 0.5) is 13.2 Å². The number of benzene rings is 3. The van der Waals surface area contributed by atoms with E-state index in [9.17, 15) is 18.0 Å². The predicted octanol–water partition coefficient (Wildman–Crippen LogP) is 3.61. The molecule has 28 heavy (non-hydrogen) atoms. The second-order valence-corrected chi connectivity index (χ2v) is 6.35. The van der Waals surface area contributed by atoms with E-state index in [1.54, 1.807) is 36.4 Å². The largest absolute Gasteiger partial charge is 0.416 e. The molecule has 3 aromatic rings. The second kappa shape index (κ2) is 8.00. The Morgan fingerprint density at radius 1 is 0.964 bits per heavy atom. The molecular weight excluding hydrogens is 371 g/mol. The summed E-state index contributed by atoms with van der Waals surface area (Å²) in [7, 11) is 0. The predicted molar refractivity (Wildman–Crippen MR) is 99.8 cm³/mol. The Hall–Kier alpha value is -2.90. The zero-order valence-electron chi connectivity index (χ0n) is 14.7. The van der Waals surface area contributed by atoms with E-state index in [4.69, 9.17) is 10.2 Å². The molecule has 7 heteroatoms. The zero-order chi connectivity index (χ0) is 20.3. The average Bonchev–Trinajstić information content (AvgIpc) is 2.70. The highest BCUT2D eigenvalue weighted by Gasteiger charge is 2.30. The molecule has 146 valence electrons. The molecule has 0 aromatic heterocycles. The highest BCUT2D eigenvalue weighted by atomic mass is 19.4. The molecule has 0 radical (unpaired) electrons. The van der Waals surface area contributed by atoms with Crippen molar-refractivity contribution in [3.05, 3.63) is 71.8 Å². The van der Waals surface area contributed by atoms with E-state index < -0.39 is 23.7 Å². The Morgan fingerprint density at radius 3 is 2.25 bits per heavy atom. The maximum absolute atomic E-state index is 12.8. The van der Waals surface area contributed by atoms with Gasteiger partial charge >= 0.3 is 6.18 Å². The Balaban J connectivity index is 1.95. The molecule has 0 fully saturated rings. The van der Waals surface area contributed by atoms with E-state index in [1.807, 2.05) is 0 Å². The Morgan fingerprint density at radius 2 is 1.64 bits per heavy atom. The van der Waals surface area contributed by atoms with Gasteiger partial charge < -0.3 is 15.5 Å². The van der Waals surface area contributed by atoms with Gasteiger partial charge in [-0.1, -0.05) is 36.4 Å². The van der Waals surface area contributed by atoms with Gasteiger partial charge in [-0.05, 0) is 46.2 Å². The van der Waals surface area contributed by atoms with Crippen LogP contribution >= 0.6 is 0 Å². The van der Waals surface area contributed by atoms with Crippen molar-refractivity contribution in [2.45, 2.75) is 12.2 Å². The van der Waals surface area contributed by atoms with E-state index in [0.29, 0.717) is 11.1 Å². The summed E-state index contributed by atoms with van der Waals surface area (Å²) in [6.45, 7) is -0.762. The van der Waals surface area contributed by atoms with Gasteiger partial charge in [0, 0.05) is 5.56 Å². The van der Waals surface area contributed by atoms with Crippen molar-refractivity contribution in [2.75, 3.05) is 13.2 Å². The van der Waals surface area contributed by atoms with Crippen LogP contribution in [0, 0.1) is 0 Å². The fourth-order valence-corrected chi connectivity index (χ4v) is 2.93. The highest BCUT2D eigenvalue weighted by Crippen LogP contribution is 2.33. The molecule has 0 aliphatic rings. The molecule has 0 aliphatic heterocycles. The molecule has 3 N–H and O–H groups in total. The Labute approximate surface area is 159 Å². The minimum absolute atomic E-state index is 0.351. The van der Waals surface area contributed by atoms with E-state index in [1.165, 1.54) is 12.1 Å². The molecule has 0 heterocycles. The number of halogens is 3. The third kappa shape index (κ3) is 4.16. The molecule has 0 aliphatic carbocycles. The number of hydrogen-bond acceptors (Lipinski definition) is 3. The molecule has 3 aromatic carbocycles. The standard InChI is InChI=1S/C21H18F3NO3/c22-21(23,24)16-7-4-13(5-8-16)18-3-1-2-14-10-15(6-9-19(14)18)20(28)25-17(11-26)12-27/h1-10,17,26-27H,11-12H2,(H,25,28). The van der Waals surface area contributed by atoms with Crippen LogP contribution in [0.5, 0.6) is 0 Å². The SMILES string of the molecule is O=C(NC(CO)CO)c1ccc2c(-c3ccc(C(F)(F)F)cc3)cccc2c1. The molecule has 0 atom stereocenters.